The van der Waals surface area contributed by atoms with E-state index in [9.17, 15) is 22.0 Å². The summed E-state index contributed by atoms with van der Waals surface area (Å²) in [7, 11) is 0. The minimum absolute atomic E-state index is 0.123. The number of hydrogen-bond acceptors (Lipinski definition) is 1. The molecular formula is C9H12F5S. The molecule has 0 N–H and O–H groups in total. The van der Waals surface area contributed by atoms with Crippen LogP contribution in [0.25, 0.3) is 0 Å². The fraction of sp³-hybridized carbons (Fsp3) is 0.667. The van der Waals surface area contributed by atoms with Crippen LogP contribution in [0.1, 0.15) is 13.3 Å². The van der Waals surface area contributed by atoms with Crippen molar-refractivity contribution in [2.24, 2.45) is 0 Å². The molecular weight excluding hydrogens is 235 g/mol. The summed E-state index contributed by atoms with van der Waals surface area (Å²) in [5.74, 6) is -4.16. The van der Waals surface area contributed by atoms with Crippen molar-refractivity contribution in [3.63, 3.8) is 0 Å². The lowest BCUT2D eigenvalue weighted by atomic mass is 10.1. The molecule has 0 rings (SSSR count). The predicted molar refractivity (Wildman–Crippen MR) is 52.1 cm³/mol. The number of rotatable bonds is 5. The van der Waals surface area contributed by atoms with Crippen LogP contribution >= 0.6 is 11.8 Å². The highest BCUT2D eigenvalue weighted by molar-refractivity contribution is 7.99. The molecule has 0 aliphatic heterocycles. The van der Waals surface area contributed by atoms with Crippen molar-refractivity contribution in [1.82, 2.24) is 0 Å². The molecule has 0 aliphatic carbocycles. The highest BCUT2D eigenvalue weighted by Crippen LogP contribution is 2.42. The largest absolute Gasteiger partial charge is 0.457 e. The van der Waals surface area contributed by atoms with Gasteiger partial charge in [-0.1, -0.05) is 13.0 Å². The van der Waals surface area contributed by atoms with Gasteiger partial charge < -0.3 is 0 Å². The van der Waals surface area contributed by atoms with Gasteiger partial charge in [-0.3, -0.25) is 0 Å². The molecule has 0 heterocycles. The monoisotopic (exact) mass is 247 g/mol. The second-order valence-electron chi connectivity index (χ2n) is 2.73. The Labute approximate surface area is 89.9 Å². The Morgan fingerprint density at radius 1 is 1.27 bits per heavy atom. The van der Waals surface area contributed by atoms with Crippen molar-refractivity contribution in [1.29, 1.82) is 0 Å². The number of allylic oxidation sites excluding steroid dienone is 1. The van der Waals surface area contributed by atoms with E-state index >= 15 is 0 Å². The maximum atomic E-state index is 12.8. The van der Waals surface area contributed by atoms with E-state index in [0.717, 1.165) is 6.08 Å². The first-order chi connectivity index (χ1) is 6.77. The average Bonchev–Trinajstić information content (AvgIpc) is 2.10. The first-order valence-electron chi connectivity index (χ1n) is 4.28. The van der Waals surface area contributed by atoms with Crippen LogP contribution < -0.4 is 0 Å². The van der Waals surface area contributed by atoms with Gasteiger partial charge in [-0.15, -0.1) is 0 Å². The Balaban J connectivity index is 4.72. The van der Waals surface area contributed by atoms with E-state index < -0.39 is 17.7 Å². The summed E-state index contributed by atoms with van der Waals surface area (Å²) < 4.78 is 61.5. The molecule has 89 valence electrons. The van der Waals surface area contributed by atoms with Crippen LogP contribution in [0.2, 0.25) is 0 Å². The van der Waals surface area contributed by atoms with Gasteiger partial charge in [-0.25, -0.2) is 0 Å². The summed E-state index contributed by atoms with van der Waals surface area (Å²) in [5, 5.41) is 0. The summed E-state index contributed by atoms with van der Waals surface area (Å²) in [6.07, 6.45) is -4.89. The molecule has 0 nitrogen and oxygen atoms in total. The minimum atomic E-state index is -5.51. The molecule has 0 aromatic heterocycles. The maximum absolute atomic E-state index is 12.8. The number of thioether (sulfide) groups is 1. The van der Waals surface area contributed by atoms with Crippen molar-refractivity contribution < 1.29 is 22.0 Å². The second-order valence-corrected chi connectivity index (χ2v) is 3.88. The van der Waals surface area contributed by atoms with Crippen molar-refractivity contribution in [2.75, 3.05) is 11.5 Å². The van der Waals surface area contributed by atoms with E-state index in [-0.39, 0.29) is 12.2 Å². The minimum Gasteiger partial charge on any atom is -0.191 e. The lowest BCUT2D eigenvalue weighted by Gasteiger charge is -2.21. The van der Waals surface area contributed by atoms with Crippen molar-refractivity contribution in [3.8, 4) is 0 Å². The summed E-state index contributed by atoms with van der Waals surface area (Å²) in [4.78, 5) is 0. The van der Waals surface area contributed by atoms with Gasteiger partial charge in [-0.05, 0) is 19.1 Å². The van der Waals surface area contributed by atoms with Crippen LogP contribution in [-0.4, -0.2) is 23.6 Å². The zero-order valence-corrected chi connectivity index (χ0v) is 9.02. The normalized spacial score (nSPS) is 14.5. The third-order valence-corrected chi connectivity index (χ3v) is 2.42. The van der Waals surface area contributed by atoms with Gasteiger partial charge in [0.05, 0.1) is 0 Å². The number of halogens is 5. The Kier molecular flexibility index (Phi) is 5.62. The van der Waals surface area contributed by atoms with Gasteiger partial charge in [0.2, 0.25) is 0 Å². The molecule has 0 unspecified atom stereocenters. The highest BCUT2D eigenvalue weighted by atomic mass is 32.2. The number of alkyl halides is 5. The molecule has 0 fully saturated rings. The van der Waals surface area contributed by atoms with Crippen LogP contribution in [0.15, 0.2) is 11.6 Å². The topological polar surface area (TPSA) is 0 Å². The van der Waals surface area contributed by atoms with E-state index in [4.69, 9.17) is 0 Å². The zero-order valence-electron chi connectivity index (χ0n) is 8.20. The Morgan fingerprint density at radius 2 is 1.80 bits per heavy atom. The first-order valence-corrected chi connectivity index (χ1v) is 5.43. The molecule has 15 heavy (non-hydrogen) atoms. The fourth-order valence-corrected chi connectivity index (χ4v) is 1.41. The van der Waals surface area contributed by atoms with Crippen molar-refractivity contribution >= 4 is 11.8 Å². The molecule has 0 aliphatic rings. The summed E-state index contributed by atoms with van der Waals surface area (Å²) in [5.41, 5.74) is -0.879. The van der Waals surface area contributed by atoms with Crippen molar-refractivity contribution in [3.05, 3.63) is 18.6 Å². The van der Waals surface area contributed by atoms with E-state index in [2.05, 4.69) is 6.92 Å². The molecule has 0 bridgehead atoms. The Morgan fingerprint density at radius 3 is 2.13 bits per heavy atom. The van der Waals surface area contributed by atoms with E-state index in [1.165, 1.54) is 18.7 Å². The molecule has 6 heteroatoms. The Bertz CT molecular complexity index is 219. The third kappa shape index (κ3) is 4.01. The van der Waals surface area contributed by atoms with Crippen LogP contribution in [0, 0.1) is 6.92 Å². The van der Waals surface area contributed by atoms with Crippen LogP contribution in [-0.2, 0) is 0 Å². The summed E-state index contributed by atoms with van der Waals surface area (Å²) >= 11 is 1.19. The predicted octanol–water partition coefficient (Wildman–Crippen LogP) is 4.09. The van der Waals surface area contributed by atoms with Gasteiger partial charge in [0.15, 0.2) is 0 Å². The standard InChI is InChI=1S/C9H12F5S/c1-3-7(5-6-15-4-2)8(10,11)9(12,13)14/h5H,2-4,6H2,1H3. The van der Waals surface area contributed by atoms with Gasteiger partial charge in [-0.2, -0.15) is 33.7 Å². The lowest BCUT2D eigenvalue weighted by molar-refractivity contribution is -0.265. The smallest absolute Gasteiger partial charge is 0.191 e. The molecule has 0 saturated carbocycles. The van der Waals surface area contributed by atoms with Crippen LogP contribution in [0.3, 0.4) is 0 Å². The van der Waals surface area contributed by atoms with Crippen molar-refractivity contribution in [2.45, 2.75) is 25.4 Å². The van der Waals surface area contributed by atoms with Crippen LogP contribution in [0.5, 0.6) is 0 Å². The maximum Gasteiger partial charge on any atom is 0.457 e. The SMILES string of the molecule is [CH2]CSCC=C(CC)C(F)(F)C(F)(F)F. The van der Waals surface area contributed by atoms with Gasteiger partial charge >= 0.3 is 12.1 Å². The molecule has 0 aromatic carbocycles. The molecule has 0 atom stereocenters. The molecule has 1 radical (unpaired) electrons. The summed E-state index contributed by atoms with van der Waals surface area (Å²) in [6.45, 7) is 4.72. The second kappa shape index (κ2) is 5.72. The quantitative estimate of drug-likeness (QED) is 0.400. The summed E-state index contributed by atoms with van der Waals surface area (Å²) in [6, 6.07) is 0. The Hall–Kier alpha value is -0.260. The van der Waals surface area contributed by atoms with Gasteiger partial charge in [0.1, 0.15) is 0 Å². The third-order valence-electron chi connectivity index (χ3n) is 1.73. The zero-order chi connectivity index (χ0) is 12.1. The van der Waals surface area contributed by atoms with E-state index in [0.29, 0.717) is 5.75 Å². The van der Waals surface area contributed by atoms with E-state index in [1.807, 2.05) is 0 Å². The fourth-order valence-electron chi connectivity index (χ4n) is 0.919. The first kappa shape index (κ1) is 14.7. The van der Waals surface area contributed by atoms with Gasteiger partial charge in [0, 0.05) is 11.3 Å². The number of hydrogen-bond donors (Lipinski definition) is 0. The molecule has 0 spiro atoms. The lowest BCUT2D eigenvalue weighted by Crippen LogP contribution is -2.38. The van der Waals surface area contributed by atoms with E-state index in [1.54, 1.807) is 0 Å². The molecule has 0 amide bonds. The molecule has 0 aromatic rings. The van der Waals surface area contributed by atoms with Gasteiger partial charge in [0.25, 0.3) is 0 Å². The van der Waals surface area contributed by atoms with Crippen LogP contribution in [0.4, 0.5) is 22.0 Å². The molecule has 0 saturated heterocycles. The highest BCUT2D eigenvalue weighted by Gasteiger charge is 2.59. The average molecular weight is 247 g/mol.